The molecule has 2 nitrogen and oxygen atoms in total. The number of allylic oxidation sites excluding steroid dienone is 1. The van der Waals surface area contributed by atoms with Crippen LogP contribution in [0.5, 0.6) is 0 Å². The Kier molecular flexibility index (Phi) is 3.74. The minimum absolute atomic E-state index is 0.271. The second-order valence-electron chi connectivity index (χ2n) is 5.92. The molecule has 124 valence electrons. The van der Waals surface area contributed by atoms with Gasteiger partial charge >= 0.3 is 6.18 Å². The van der Waals surface area contributed by atoms with E-state index in [1.54, 1.807) is 25.1 Å². The minimum atomic E-state index is -4.45. The summed E-state index contributed by atoms with van der Waals surface area (Å²) in [6.07, 6.45) is -2.82. The number of rotatable bonds is 1. The van der Waals surface area contributed by atoms with Crippen LogP contribution in [0.15, 0.2) is 42.5 Å². The van der Waals surface area contributed by atoms with E-state index in [4.69, 9.17) is 0 Å². The number of hydrogen-bond donors (Lipinski definition) is 0. The molecule has 0 saturated carbocycles. The summed E-state index contributed by atoms with van der Waals surface area (Å²) in [4.78, 5) is 14.1. The van der Waals surface area contributed by atoms with Crippen LogP contribution in [0.2, 0.25) is 0 Å². The van der Waals surface area contributed by atoms with Gasteiger partial charge < -0.3 is 0 Å². The Balaban J connectivity index is 2.24. The number of alkyl halides is 3. The van der Waals surface area contributed by atoms with Gasteiger partial charge in [0.25, 0.3) is 5.91 Å². The predicted molar refractivity (Wildman–Crippen MR) is 88.2 cm³/mol. The fourth-order valence-corrected chi connectivity index (χ4v) is 3.08. The molecule has 1 aliphatic heterocycles. The van der Waals surface area contributed by atoms with Crippen molar-refractivity contribution in [2.45, 2.75) is 26.9 Å². The zero-order valence-corrected chi connectivity index (χ0v) is 13.5. The first-order valence-electron chi connectivity index (χ1n) is 7.53. The van der Waals surface area contributed by atoms with E-state index in [9.17, 15) is 18.0 Å². The Labute approximate surface area is 138 Å². The number of nitrogens with zero attached hydrogens (tertiary/aromatic N) is 1. The number of carbonyl (C=O) groups excluding carboxylic acids is 1. The van der Waals surface area contributed by atoms with Crippen LogP contribution >= 0.6 is 0 Å². The molecule has 1 aliphatic rings. The average Bonchev–Trinajstić information content (AvgIpc) is 2.75. The van der Waals surface area contributed by atoms with Crippen molar-refractivity contribution < 1.29 is 18.0 Å². The lowest BCUT2D eigenvalue weighted by molar-refractivity contribution is -0.137. The Morgan fingerprint density at radius 1 is 1.00 bits per heavy atom. The molecular formula is C19H16F3NO. The monoisotopic (exact) mass is 331 g/mol. The second kappa shape index (κ2) is 5.51. The van der Waals surface area contributed by atoms with Crippen LogP contribution in [0.3, 0.4) is 0 Å². The lowest BCUT2D eigenvalue weighted by Crippen LogP contribution is -2.21. The molecule has 0 bridgehead atoms. The van der Waals surface area contributed by atoms with Gasteiger partial charge in [0.1, 0.15) is 0 Å². The second-order valence-corrected chi connectivity index (χ2v) is 5.92. The fourth-order valence-electron chi connectivity index (χ4n) is 3.08. The molecule has 0 radical (unpaired) electrons. The van der Waals surface area contributed by atoms with E-state index >= 15 is 0 Å². The van der Waals surface area contributed by atoms with E-state index in [0.717, 1.165) is 23.3 Å². The predicted octanol–water partition coefficient (Wildman–Crippen LogP) is 5.40. The van der Waals surface area contributed by atoms with Crippen LogP contribution in [-0.2, 0) is 11.0 Å². The minimum Gasteiger partial charge on any atom is -0.276 e. The quantitative estimate of drug-likeness (QED) is 0.640. The summed E-state index contributed by atoms with van der Waals surface area (Å²) >= 11 is 0. The summed E-state index contributed by atoms with van der Waals surface area (Å²) in [6.45, 7) is 5.49. The van der Waals surface area contributed by atoms with E-state index in [1.165, 1.54) is 11.0 Å². The zero-order chi connectivity index (χ0) is 17.6. The Morgan fingerprint density at radius 3 is 2.17 bits per heavy atom. The molecule has 0 unspecified atom stereocenters. The summed E-state index contributed by atoms with van der Waals surface area (Å²) in [5, 5.41) is 0. The maximum absolute atomic E-state index is 13.1. The van der Waals surface area contributed by atoms with Gasteiger partial charge in [-0.1, -0.05) is 18.2 Å². The van der Waals surface area contributed by atoms with Gasteiger partial charge in [-0.05, 0) is 56.2 Å². The third kappa shape index (κ3) is 2.60. The highest BCUT2D eigenvalue weighted by Gasteiger charge is 2.37. The number of hydrogen-bond acceptors (Lipinski definition) is 1. The average molecular weight is 331 g/mol. The summed E-state index contributed by atoms with van der Waals surface area (Å²) < 4.78 is 39.2. The standard InChI is InChI=1S/C19H16F3NO/c1-4-15-16-6-5-13(19(20,21)22)10-17(16)23(18(15)24)14-8-11(2)7-12(3)9-14/h4-10H,1-3H3. The number of fused-ring (bicyclic) bond motifs is 1. The zero-order valence-electron chi connectivity index (χ0n) is 13.5. The van der Waals surface area contributed by atoms with Crippen molar-refractivity contribution in [1.82, 2.24) is 0 Å². The molecule has 2 aromatic carbocycles. The molecule has 5 heteroatoms. The van der Waals surface area contributed by atoms with Crippen molar-refractivity contribution in [2.24, 2.45) is 0 Å². The Bertz CT molecular complexity index is 845. The smallest absolute Gasteiger partial charge is 0.276 e. The van der Waals surface area contributed by atoms with E-state index in [1.807, 2.05) is 19.9 Å². The van der Waals surface area contributed by atoms with Crippen molar-refractivity contribution in [3.05, 3.63) is 64.7 Å². The van der Waals surface area contributed by atoms with Gasteiger partial charge in [0.2, 0.25) is 0 Å². The van der Waals surface area contributed by atoms with Crippen LogP contribution in [0.4, 0.5) is 24.5 Å². The normalized spacial score (nSPS) is 16.0. The molecule has 1 amide bonds. The van der Waals surface area contributed by atoms with Crippen molar-refractivity contribution in [3.63, 3.8) is 0 Å². The van der Waals surface area contributed by atoms with E-state index in [0.29, 0.717) is 16.8 Å². The SMILES string of the molecule is CC=C1C(=O)N(c2cc(C)cc(C)c2)c2cc(C(F)(F)F)ccc21. The highest BCUT2D eigenvalue weighted by Crippen LogP contribution is 2.44. The fraction of sp³-hybridized carbons (Fsp3) is 0.211. The van der Waals surface area contributed by atoms with Gasteiger partial charge in [-0.25, -0.2) is 0 Å². The van der Waals surface area contributed by atoms with Crippen LogP contribution in [-0.4, -0.2) is 5.91 Å². The molecule has 0 N–H and O–H groups in total. The first-order chi connectivity index (χ1) is 11.2. The van der Waals surface area contributed by atoms with Gasteiger partial charge in [-0.15, -0.1) is 0 Å². The van der Waals surface area contributed by atoms with E-state index < -0.39 is 11.7 Å². The van der Waals surface area contributed by atoms with E-state index in [2.05, 4.69) is 0 Å². The molecule has 3 rings (SSSR count). The summed E-state index contributed by atoms with van der Waals surface area (Å²) in [5.74, 6) is -0.308. The van der Waals surface area contributed by atoms with Gasteiger partial charge in [0.15, 0.2) is 0 Å². The van der Waals surface area contributed by atoms with Gasteiger partial charge in [-0.3, -0.25) is 9.69 Å². The molecular weight excluding hydrogens is 315 g/mol. The summed E-state index contributed by atoms with van der Waals surface area (Å²) in [6, 6.07) is 8.98. The summed E-state index contributed by atoms with van der Waals surface area (Å²) in [5.41, 5.74) is 2.91. The third-order valence-corrected chi connectivity index (χ3v) is 4.04. The molecule has 0 aromatic heterocycles. The summed E-state index contributed by atoms with van der Waals surface area (Å²) in [7, 11) is 0. The van der Waals surface area contributed by atoms with Crippen LogP contribution in [0, 0.1) is 13.8 Å². The van der Waals surface area contributed by atoms with Crippen molar-refractivity contribution in [1.29, 1.82) is 0 Å². The number of halogens is 3. The first kappa shape index (κ1) is 16.3. The van der Waals surface area contributed by atoms with Crippen LogP contribution in [0.25, 0.3) is 5.57 Å². The van der Waals surface area contributed by atoms with Gasteiger partial charge in [-0.2, -0.15) is 13.2 Å². The topological polar surface area (TPSA) is 20.3 Å². The lowest BCUT2D eigenvalue weighted by Gasteiger charge is -2.19. The Hall–Kier alpha value is -2.56. The Morgan fingerprint density at radius 2 is 1.62 bits per heavy atom. The molecule has 0 fully saturated rings. The number of amides is 1. The molecule has 0 atom stereocenters. The van der Waals surface area contributed by atoms with Gasteiger partial charge in [0, 0.05) is 16.8 Å². The van der Waals surface area contributed by atoms with Crippen LogP contribution < -0.4 is 4.90 Å². The first-order valence-corrected chi connectivity index (χ1v) is 7.53. The van der Waals surface area contributed by atoms with Gasteiger partial charge in [0.05, 0.1) is 11.3 Å². The number of benzene rings is 2. The van der Waals surface area contributed by atoms with Crippen LogP contribution in [0.1, 0.15) is 29.2 Å². The number of anilines is 2. The van der Waals surface area contributed by atoms with Crippen molar-refractivity contribution >= 4 is 22.9 Å². The highest BCUT2D eigenvalue weighted by atomic mass is 19.4. The number of carbonyl (C=O) groups is 1. The highest BCUT2D eigenvalue weighted by molar-refractivity contribution is 6.35. The maximum atomic E-state index is 13.1. The van der Waals surface area contributed by atoms with Crippen molar-refractivity contribution in [2.75, 3.05) is 4.90 Å². The largest absolute Gasteiger partial charge is 0.416 e. The van der Waals surface area contributed by atoms with Crippen molar-refractivity contribution in [3.8, 4) is 0 Å². The molecule has 1 heterocycles. The molecule has 0 saturated heterocycles. The molecule has 0 spiro atoms. The molecule has 0 aliphatic carbocycles. The molecule has 24 heavy (non-hydrogen) atoms. The van der Waals surface area contributed by atoms with E-state index in [-0.39, 0.29) is 11.6 Å². The lowest BCUT2D eigenvalue weighted by atomic mass is 10.0. The maximum Gasteiger partial charge on any atom is 0.416 e. The number of aryl methyl sites for hydroxylation is 2. The third-order valence-electron chi connectivity index (χ3n) is 4.04. The molecule has 2 aromatic rings.